The van der Waals surface area contributed by atoms with Crippen LogP contribution >= 0.6 is 11.6 Å². The van der Waals surface area contributed by atoms with Gasteiger partial charge in [-0.15, -0.1) is 0 Å². The number of hydrogen-bond donors (Lipinski definition) is 2. The Balaban J connectivity index is 1.75. The molecule has 2 N–H and O–H groups in total. The maximum Gasteiger partial charge on any atom is 0.387 e. The van der Waals surface area contributed by atoms with E-state index < -0.39 is 18.3 Å². The average Bonchev–Trinajstić information content (AvgIpc) is 2.67. The largest absolute Gasteiger partial charge is 0.493 e. The number of ether oxygens (including phenoxy) is 2. The summed E-state index contributed by atoms with van der Waals surface area (Å²) in [5, 5.41) is 5.17. The van der Waals surface area contributed by atoms with Crippen molar-refractivity contribution in [1.29, 1.82) is 0 Å². The molecule has 0 bridgehead atoms. The molecule has 0 spiro atoms. The molecule has 2 rings (SSSR count). The van der Waals surface area contributed by atoms with E-state index in [1.165, 1.54) is 25.3 Å². The van der Waals surface area contributed by atoms with Crippen molar-refractivity contribution in [3.8, 4) is 11.5 Å². The number of alkyl halides is 2. The molecule has 162 valence electrons. The second kappa shape index (κ2) is 11.3. The van der Waals surface area contributed by atoms with Gasteiger partial charge in [0.1, 0.15) is 5.82 Å². The summed E-state index contributed by atoms with van der Waals surface area (Å²) in [5.74, 6) is -1.28. The molecule has 2 amide bonds. The van der Waals surface area contributed by atoms with Crippen molar-refractivity contribution >= 4 is 23.4 Å². The third-order valence-electron chi connectivity index (χ3n) is 3.99. The first-order chi connectivity index (χ1) is 14.3. The van der Waals surface area contributed by atoms with Gasteiger partial charge in [0.25, 0.3) is 5.91 Å². The van der Waals surface area contributed by atoms with Crippen LogP contribution in [0.1, 0.15) is 22.3 Å². The average molecular weight is 445 g/mol. The number of rotatable bonds is 10. The number of benzene rings is 2. The molecule has 10 heteroatoms. The Labute approximate surface area is 176 Å². The third-order valence-corrected chi connectivity index (χ3v) is 4.31. The van der Waals surface area contributed by atoms with Gasteiger partial charge in [-0.25, -0.2) is 4.39 Å². The Hall–Kier alpha value is -2.94. The van der Waals surface area contributed by atoms with Gasteiger partial charge in [-0.2, -0.15) is 8.78 Å². The summed E-state index contributed by atoms with van der Waals surface area (Å²) in [6.45, 7) is -2.65. The second-order valence-corrected chi connectivity index (χ2v) is 6.50. The van der Waals surface area contributed by atoms with Crippen molar-refractivity contribution in [2.24, 2.45) is 0 Å². The van der Waals surface area contributed by atoms with Gasteiger partial charge in [-0.05, 0) is 42.3 Å². The third kappa shape index (κ3) is 7.14. The standard InChI is InChI=1S/C20H20ClF3N2O4/c1-29-16-5-2-12(10-17(16)30-20(23)24)6-8-25-18(27)7-9-26-19(28)14-4-3-13(22)11-15(14)21/h2-5,10-11,20H,6-9H2,1H3,(H,25,27)(H,26,28). The summed E-state index contributed by atoms with van der Waals surface area (Å²) in [7, 11) is 1.34. The predicted molar refractivity (Wildman–Crippen MR) is 105 cm³/mol. The Morgan fingerprint density at radius 2 is 1.83 bits per heavy atom. The van der Waals surface area contributed by atoms with E-state index in [-0.39, 0.29) is 47.5 Å². The lowest BCUT2D eigenvalue weighted by molar-refractivity contribution is -0.120. The quantitative estimate of drug-likeness (QED) is 0.587. The number of nitrogens with one attached hydrogen (secondary N) is 2. The van der Waals surface area contributed by atoms with Crippen LogP contribution in [0.3, 0.4) is 0 Å². The minimum atomic E-state index is -2.98. The number of carbonyl (C=O) groups is 2. The van der Waals surface area contributed by atoms with Crippen LogP contribution < -0.4 is 20.1 Å². The molecule has 6 nitrogen and oxygen atoms in total. The molecule has 2 aromatic rings. The Bertz CT molecular complexity index is 896. The molecule has 0 atom stereocenters. The van der Waals surface area contributed by atoms with E-state index >= 15 is 0 Å². The lowest BCUT2D eigenvalue weighted by Gasteiger charge is -2.12. The zero-order chi connectivity index (χ0) is 22.1. The summed E-state index contributed by atoms with van der Waals surface area (Å²) in [4.78, 5) is 23.9. The summed E-state index contributed by atoms with van der Waals surface area (Å²) in [6.07, 6.45) is 0.403. The summed E-state index contributed by atoms with van der Waals surface area (Å²) >= 11 is 5.81. The first kappa shape index (κ1) is 23.3. The molecule has 30 heavy (non-hydrogen) atoms. The lowest BCUT2D eigenvalue weighted by atomic mass is 10.1. The fourth-order valence-corrected chi connectivity index (χ4v) is 2.81. The topological polar surface area (TPSA) is 76.7 Å². The van der Waals surface area contributed by atoms with Gasteiger partial charge in [-0.1, -0.05) is 17.7 Å². The summed E-state index contributed by atoms with van der Waals surface area (Å²) < 4.78 is 47.3. The molecule has 0 aliphatic heterocycles. The molecule has 0 fully saturated rings. The fourth-order valence-electron chi connectivity index (χ4n) is 2.56. The number of amides is 2. The zero-order valence-corrected chi connectivity index (χ0v) is 16.8. The molecule has 2 aromatic carbocycles. The fraction of sp³-hybridized carbons (Fsp3) is 0.300. The molecule has 0 saturated heterocycles. The monoisotopic (exact) mass is 444 g/mol. The van der Waals surface area contributed by atoms with Crippen LogP contribution in [0.4, 0.5) is 13.2 Å². The van der Waals surface area contributed by atoms with Crippen molar-refractivity contribution in [2.45, 2.75) is 19.5 Å². The minimum Gasteiger partial charge on any atom is -0.493 e. The van der Waals surface area contributed by atoms with E-state index in [0.29, 0.717) is 12.0 Å². The number of carbonyl (C=O) groups excluding carboxylic acids is 2. The Morgan fingerprint density at radius 3 is 2.50 bits per heavy atom. The van der Waals surface area contributed by atoms with Gasteiger partial charge < -0.3 is 20.1 Å². The van der Waals surface area contributed by atoms with Gasteiger partial charge in [-0.3, -0.25) is 9.59 Å². The smallest absolute Gasteiger partial charge is 0.387 e. The van der Waals surface area contributed by atoms with Crippen LogP contribution in [0.15, 0.2) is 36.4 Å². The molecule has 0 aliphatic carbocycles. The van der Waals surface area contributed by atoms with E-state index in [0.717, 1.165) is 12.1 Å². The maximum atomic E-state index is 13.0. The summed E-state index contributed by atoms with van der Waals surface area (Å²) in [6, 6.07) is 8.00. The molecule has 0 heterocycles. The van der Waals surface area contributed by atoms with Gasteiger partial charge in [0.05, 0.1) is 17.7 Å². The molecule has 0 aromatic heterocycles. The van der Waals surface area contributed by atoms with Crippen LogP contribution in [0.25, 0.3) is 0 Å². The van der Waals surface area contributed by atoms with E-state index in [4.69, 9.17) is 16.3 Å². The molecular formula is C20H20ClF3N2O4. The lowest BCUT2D eigenvalue weighted by Crippen LogP contribution is -2.31. The highest BCUT2D eigenvalue weighted by molar-refractivity contribution is 6.33. The first-order valence-corrected chi connectivity index (χ1v) is 9.29. The van der Waals surface area contributed by atoms with E-state index in [1.54, 1.807) is 6.07 Å². The molecular weight excluding hydrogens is 425 g/mol. The predicted octanol–water partition coefficient (Wildman–Crippen LogP) is 3.57. The highest BCUT2D eigenvalue weighted by atomic mass is 35.5. The minimum absolute atomic E-state index is 0.0207. The van der Waals surface area contributed by atoms with E-state index in [2.05, 4.69) is 15.4 Å². The molecule has 0 aliphatic rings. The Kier molecular flexibility index (Phi) is 8.79. The Morgan fingerprint density at radius 1 is 1.07 bits per heavy atom. The van der Waals surface area contributed by atoms with Crippen LogP contribution in [0, 0.1) is 5.82 Å². The van der Waals surface area contributed by atoms with E-state index in [9.17, 15) is 22.8 Å². The van der Waals surface area contributed by atoms with Crippen LogP contribution in [0.5, 0.6) is 11.5 Å². The second-order valence-electron chi connectivity index (χ2n) is 6.09. The van der Waals surface area contributed by atoms with Crippen molar-refractivity contribution in [3.05, 3.63) is 58.4 Å². The van der Waals surface area contributed by atoms with Gasteiger partial charge >= 0.3 is 6.61 Å². The van der Waals surface area contributed by atoms with Crippen LogP contribution in [-0.2, 0) is 11.2 Å². The SMILES string of the molecule is COc1ccc(CCNC(=O)CCNC(=O)c2ccc(F)cc2Cl)cc1OC(F)F. The normalized spacial score (nSPS) is 10.6. The van der Waals surface area contributed by atoms with Gasteiger partial charge in [0, 0.05) is 19.5 Å². The highest BCUT2D eigenvalue weighted by Crippen LogP contribution is 2.29. The number of halogens is 4. The van der Waals surface area contributed by atoms with Crippen molar-refractivity contribution in [2.75, 3.05) is 20.2 Å². The van der Waals surface area contributed by atoms with Crippen LogP contribution in [0.2, 0.25) is 5.02 Å². The summed E-state index contributed by atoms with van der Waals surface area (Å²) in [5.41, 5.74) is 0.783. The maximum absolute atomic E-state index is 13.0. The number of hydrogen-bond acceptors (Lipinski definition) is 4. The first-order valence-electron chi connectivity index (χ1n) is 8.92. The number of methoxy groups -OCH3 is 1. The van der Waals surface area contributed by atoms with Crippen molar-refractivity contribution < 1.29 is 32.2 Å². The molecule has 0 unspecified atom stereocenters. The molecule has 0 saturated carbocycles. The van der Waals surface area contributed by atoms with Crippen LogP contribution in [-0.4, -0.2) is 38.6 Å². The highest BCUT2D eigenvalue weighted by Gasteiger charge is 2.13. The van der Waals surface area contributed by atoms with Crippen molar-refractivity contribution in [1.82, 2.24) is 10.6 Å². The van der Waals surface area contributed by atoms with Gasteiger partial charge in [0.2, 0.25) is 5.91 Å². The van der Waals surface area contributed by atoms with Gasteiger partial charge in [0.15, 0.2) is 11.5 Å². The van der Waals surface area contributed by atoms with E-state index in [1.807, 2.05) is 0 Å². The zero-order valence-electron chi connectivity index (χ0n) is 16.0. The van der Waals surface area contributed by atoms with Crippen molar-refractivity contribution in [3.63, 3.8) is 0 Å². The molecule has 0 radical (unpaired) electrons.